The Hall–Kier alpha value is -3.07. The van der Waals surface area contributed by atoms with Gasteiger partial charge in [-0.15, -0.1) is 0 Å². The number of carbonyl (C=O) groups excluding carboxylic acids is 2. The zero-order valence-corrected chi connectivity index (χ0v) is 26.0. The minimum Gasteiger partial charge on any atom is -0.354 e. The second kappa shape index (κ2) is 15.2. The molecule has 0 unspecified atom stereocenters. The van der Waals surface area contributed by atoms with E-state index in [-0.39, 0.29) is 37.7 Å². The molecule has 1 atom stereocenters. The number of hydrogen-bond donors (Lipinski definition) is 1. The van der Waals surface area contributed by atoms with Crippen molar-refractivity contribution in [2.75, 3.05) is 23.7 Å². The van der Waals surface area contributed by atoms with Crippen LogP contribution in [0.25, 0.3) is 0 Å². The summed E-state index contributed by atoms with van der Waals surface area (Å²) in [4.78, 5) is 28.9. The van der Waals surface area contributed by atoms with E-state index in [1.165, 1.54) is 4.31 Å². The molecule has 1 N–H and O–H groups in total. The Morgan fingerprint density at radius 1 is 0.951 bits per heavy atom. The van der Waals surface area contributed by atoms with Gasteiger partial charge in [-0.05, 0) is 60.7 Å². The first kappa shape index (κ1) is 32.4. The summed E-state index contributed by atoms with van der Waals surface area (Å²) >= 11 is 12.5. The van der Waals surface area contributed by atoms with Crippen molar-refractivity contribution in [3.8, 4) is 0 Å². The number of amides is 2. The van der Waals surface area contributed by atoms with Gasteiger partial charge in [-0.1, -0.05) is 78.7 Å². The fourth-order valence-corrected chi connectivity index (χ4v) is 6.00. The summed E-state index contributed by atoms with van der Waals surface area (Å²) in [6.07, 6.45) is 2.52. The van der Waals surface area contributed by atoms with Gasteiger partial charge in [-0.2, -0.15) is 0 Å². The molecule has 0 aliphatic heterocycles. The smallest absolute Gasteiger partial charge is 0.243 e. The lowest BCUT2D eigenvalue weighted by Gasteiger charge is -2.32. The van der Waals surface area contributed by atoms with Crippen LogP contribution in [0.4, 0.5) is 5.69 Å². The Kier molecular flexibility index (Phi) is 12.1. The number of nitrogens with one attached hydrogen (secondary N) is 1. The molecule has 3 aromatic carbocycles. The van der Waals surface area contributed by atoms with Crippen molar-refractivity contribution < 1.29 is 18.0 Å². The van der Waals surface area contributed by atoms with Crippen molar-refractivity contribution in [2.24, 2.45) is 0 Å². The van der Waals surface area contributed by atoms with E-state index in [0.717, 1.165) is 23.8 Å². The number of halogens is 2. The van der Waals surface area contributed by atoms with E-state index < -0.39 is 16.1 Å². The van der Waals surface area contributed by atoms with Crippen molar-refractivity contribution in [1.29, 1.82) is 0 Å². The molecule has 0 aliphatic rings. The molecule has 0 saturated carbocycles. The summed E-state index contributed by atoms with van der Waals surface area (Å²) < 4.78 is 26.7. The van der Waals surface area contributed by atoms with E-state index >= 15 is 0 Å². The maximum Gasteiger partial charge on any atom is 0.243 e. The van der Waals surface area contributed by atoms with E-state index in [4.69, 9.17) is 23.2 Å². The van der Waals surface area contributed by atoms with Crippen LogP contribution in [0.2, 0.25) is 10.0 Å². The van der Waals surface area contributed by atoms with Gasteiger partial charge in [0.2, 0.25) is 21.8 Å². The molecule has 0 aromatic heterocycles. The Labute approximate surface area is 253 Å². The predicted octanol–water partition coefficient (Wildman–Crippen LogP) is 6.01. The molecule has 220 valence electrons. The summed E-state index contributed by atoms with van der Waals surface area (Å²) in [5.74, 6) is -0.493. The summed E-state index contributed by atoms with van der Waals surface area (Å²) in [6, 6.07) is 21.1. The third-order valence-electron chi connectivity index (χ3n) is 6.72. The molecule has 3 aromatic rings. The fourth-order valence-electron chi connectivity index (χ4n) is 4.60. The van der Waals surface area contributed by atoms with Crippen LogP contribution in [0.3, 0.4) is 0 Å². The maximum absolute atomic E-state index is 13.9. The highest BCUT2D eigenvalue weighted by Gasteiger charge is 2.30. The van der Waals surface area contributed by atoms with E-state index in [2.05, 4.69) is 5.32 Å². The average molecular weight is 619 g/mol. The molecule has 0 heterocycles. The number of nitrogens with zero attached hydrogens (tertiary/aromatic N) is 2. The van der Waals surface area contributed by atoms with Crippen LogP contribution in [0.1, 0.15) is 42.9 Å². The van der Waals surface area contributed by atoms with E-state index in [0.29, 0.717) is 34.3 Å². The summed E-state index contributed by atoms with van der Waals surface area (Å²) in [6.45, 7) is 4.49. The van der Waals surface area contributed by atoms with Gasteiger partial charge in [0.15, 0.2) is 0 Å². The summed E-state index contributed by atoms with van der Waals surface area (Å²) in [5.41, 5.74) is 2.83. The van der Waals surface area contributed by atoms with Crippen molar-refractivity contribution in [3.63, 3.8) is 0 Å². The lowest BCUT2D eigenvalue weighted by atomic mass is 10.0. The number of hydrogen-bond acceptors (Lipinski definition) is 4. The summed E-state index contributed by atoms with van der Waals surface area (Å²) in [7, 11) is -3.64. The lowest BCUT2D eigenvalue weighted by molar-refractivity contribution is -0.141. The topological polar surface area (TPSA) is 86.8 Å². The highest BCUT2D eigenvalue weighted by Crippen LogP contribution is 2.28. The second-order valence-corrected chi connectivity index (χ2v) is 12.7. The van der Waals surface area contributed by atoms with Crippen molar-refractivity contribution in [1.82, 2.24) is 10.2 Å². The largest absolute Gasteiger partial charge is 0.354 e. The van der Waals surface area contributed by atoms with Crippen LogP contribution in [0.15, 0.2) is 72.8 Å². The lowest BCUT2D eigenvalue weighted by Crippen LogP contribution is -2.50. The minimum atomic E-state index is -3.64. The van der Waals surface area contributed by atoms with Gasteiger partial charge in [0.25, 0.3) is 0 Å². The molecule has 0 aliphatic carbocycles. The monoisotopic (exact) mass is 617 g/mol. The molecule has 0 saturated heterocycles. The molecule has 0 fully saturated rings. The first-order chi connectivity index (χ1) is 19.5. The van der Waals surface area contributed by atoms with Gasteiger partial charge in [0.05, 0.1) is 11.9 Å². The molecule has 10 heteroatoms. The molecule has 7 nitrogen and oxygen atoms in total. The predicted molar refractivity (Wildman–Crippen MR) is 167 cm³/mol. The van der Waals surface area contributed by atoms with E-state index in [1.807, 2.05) is 43.3 Å². The standard InChI is InChI=1S/C31H37Cl2N3O4S/c1-4-18-34-31(38)29(21-24-11-6-5-7-12-24)35(22-25-13-8-14-26(32)20-25)30(37)17-10-19-36(41(3,39)40)28-16-9-15-27(33)23(28)2/h5-9,11-16,20,29H,4,10,17-19,21-22H2,1-3H3,(H,34,38)/t29-/m1/s1. The van der Waals surface area contributed by atoms with Gasteiger partial charge < -0.3 is 10.2 Å². The molecule has 2 amide bonds. The van der Waals surface area contributed by atoms with Crippen molar-refractivity contribution in [3.05, 3.63) is 99.5 Å². The zero-order valence-electron chi connectivity index (χ0n) is 23.6. The van der Waals surface area contributed by atoms with Crippen LogP contribution >= 0.6 is 23.2 Å². The average Bonchev–Trinajstić information content (AvgIpc) is 2.93. The van der Waals surface area contributed by atoms with Gasteiger partial charge >= 0.3 is 0 Å². The number of anilines is 1. The molecule has 0 bridgehead atoms. The third kappa shape index (κ3) is 9.48. The number of sulfonamides is 1. The van der Waals surface area contributed by atoms with Crippen LogP contribution in [-0.2, 0) is 32.6 Å². The maximum atomic E-state index is 13.9. The second-order valence-electron chi connectivity index (χ2n) is 9.97. The number of carbonyl (C=O) groups is 2. The van der Waals surface area contributed by atoms with Crippen LogP contribution in [-0.4, -0.2) is 50.5 Å². The van der Waals surface area contributed by atoms with Gasteiger partial charge in [-0.3, -0.25) is 13.9 Å². The van der Waals surface area contributed by atoms with Gasteiger partial charge in [0, 0.05) is 42.5 Å². The van der Waals surface area contributed by atoms with Crippen LogP contribution in [0, 0.1) is 6.92 Å². The van der Waals surface area contributed by atoms with Gasteiger partial charge in [-0.25, -0.2) is 8.42 Å². The SMILES string of the molecule is CCCNC(=O)[C@@H](Cc1ccccc1)N(Cc1cccc(Cl)c1)C(=O)CCCN(c1cccc(Cl)c1C)S(C)(=O)=O. The molecular formula is C31H37Cl2N3O4S. The van der Waals surface area contributed by atoms with E-state index in [1.54, 1.807) is 48.2 Å². The minimum absolute atomic E-state index is 0.0402. The van der Waals surface area contributed by atoms with E-state index in [9.17, 15) is 18.0 Å². The Balaban J connectivity index is 1.89. The van der Waals surface area contributed by atoms with Gasteiger partial charge in [0.1, 0.15) is 6.04 Å². The molecule has 0 radical (unpaired) electrons. The molecule has 3 rings (SSSR count). The van der Waals surface area contributed by atoms with Crippen molar-refractivity contribution >= 4 is 50.7 Å². The zero-order chi connectivity index (χ0) is 30.0. The quantitative estimate of drug-likeness (QED) is 0.240. The Bertz CT molecular complexity index is 1430. The highest BCUT2D eigenvalue weighted by molar-refractivity contribution is 7.92. The third-order valence-corrected chi connectivity index (χ3v) is 8.55. The van der Waals surface area contributed by atoms with Crippen LogP contribution in [0.5, 0.6) is 0 Å². The highest BCUT2D eigenvalue weighted by atomic mass is 35.5. The van der Waals surface area contributed by atoms with Crippen molar-refractivity contribution in [2.45, 2.75) is 52.1 Å². The Morgan fingerprint density at radius 3 is 2.29 bits per heavy atom. The number of rotatable bonds is 14. The first-order valence-electron chi connectivity index (χ1n) is 13.6. The fraction of sp³-hybridized carbons (Fsp3) is 0.355. The normalized spacial score (nSPS) is 12.0. The summed E-state index contributed by atoms with van der Waals surface area (Å²) in [5, 5.41) is 3.95. The molecular weight excluding hydrogens is 581 g/mol. The Morgan fingerprint density at radius 2 is 1.63 bits per heavy atom. The molecule has 41 heavy (non-hydrogen) atoms. The van der Waals surface area contributed by atoms with Crippen LogP contribution < -0.4 is 9.62 Å². The first-order valence-corrected chi connectivity index (χ1v) is 16.2. The molecule has 0 spiro atoms. The number of benzene rings is 3.